The number of carbonyl (C=O) groups excluding carboxylic acids is 1. The van der Waals surface area contributed by atoms with Crippen molar-refractivity contribution < 1.29 is 22.4 Å². The maximum atomic E-state index is 13.2. The number of benzene rings is 2. The smallest absolute Gasteiger partial charge is 0.314 e. The minimum absolute atomic E-state index is 0.0655. The molecule has 0 saturated heterocycles. The van der Waals surface area contributed by atoms with E-state index < -0.39 is 12.3 Å². The summed E-state index contributed by atoms with van der Waals surface area (Å²) in [7, 11) is 1.67. The Kier molecular flexibility index (Phi) is 4.18. The molecule has 0 N–H and O–H groups in total. The summed E-state index contributed by atoms with van der Waals surface area (Å²) in [5.41, 5.74) is 2.49. The van der Waals surface area contributed by atoms with Crippen LogP contribution < -0.4 is 0 Å². The van der Waals surface area contributed by atoms with Gasteiger partial charge in [0.25, 0.3) is 11.8 Å². The number of carbonyl (C=O) groups is 1. The van der Waals surface area contributed by atoms with Crippen LogP contribution >= 0.6 is 0 Å². The second-order valence-electron chi connectivity index (χ2n) is 6.31. The second kappa shape index (κ2) is 6.53. The predicted molar refractivity (Wildman–Crippen MR) is 89.6 cm³/mol. The van der Waals surface area contributed by atoms with Gasteiger partial charge >= 0.3 is 6.43 Å². The van der Waals surface area contributed by atoms with E-state index in [-0.39, 0.29) is 23.7 Å². The van der Waals surface area contributed by atoms with Crippen LogP contribution in [-0.2, 0) is 6.42 Å². The SMILES string of the molecule is CN1C(=O)c2cc(-c3nnc(C(F)F)o3)ccc2CC1c1ccc(F)cc1. The number of rotatable bonds is 3. The molecule has 0 radical (unpaired) electrons. The number of nitrogens with zero attached hydrogens (tertiary/aromatic N) is 3. The Balaban J connectivity index is 1.68. The maximum absolute atomic E-state index is 13.2. The third-order valence-electron chi connectivity index (χ3n) is 4.67. The molecule has 1 aromatic heterocycles. The Morgan fingerprint density at radius 3 is 2.56 bits per heavy atom. The average Bonchev–Trinajstić information content (AvgIpc) is 3.16. The van der Waals surface area contributed by atoms with E-state index in [0.29, 0.717) is 17.5 Å². The Morgan fingerprint density at radius 1 is 1.15 bits per heavy atom. The summed E-state index contributed by atoms with van der Waals surface area (Å²) < 4.78 is 43.4. The molecule has 1 atom stereocenters. The normalized spacial score (nSPS) is 16.7. The van der Waals surface area contributed by atoms with Crippen LogP contribution in [0.4, 0.5) is 13.2 Å². The fourth-order valence-corrected chi connectivity index (χ4v) is 3.23. The van der Waals surface area contributed by atoms with Crippen LogP contribution in [0.5, 0.6) is 0 Å². The van der Waals surface area contributed by atoms with Crippen LogP contribution in [0, 0.1) is 5.82 Å². The lowest BCUT2D eigenvalue weighted by molar-refractivity contribution is 0.0705. The van der Waals surface area contributed by atoms with Gasteiger partial charge in [-0.3, -0.25) is 4.79 Å². The number of hydrogen-bond donors (Lipinski definition) is 0. The largest absolute Gasteiger partial charge is 0.415 e. The van der Waals surface area contributed by atoms with Crippen LogP contribution in [0.25, 0.3) is 11.5 Å². The molecule has 1 unspecified atom stereocenters. The molecule has 5 nitrogen and oxygen atoms in total. The Hall–Kier alpha value is -3.16. The topological polar surface area (TPSA) is 59.2 Å². The van der Waals surface area contributed by atoms with Gasteiger partial charge in [0, 0.05) is 18.2 Å². The van der Waals surface area contributed by atoms with Gasteiger partial charge in [-0.15, -0.1) is 10.2 Å². The lowest BCUT2D eigenvalue weighted by Crippen LogP contribution is -2.37. The summed E-state index contributed by atoms with van der Waals surface area (Å²) in [4.78, 5) is 14.4. The van der Waals surface area contributed by atoms with Crippen molar-refractivity contribution in [3.8, 4) is 11.5 Å². The fraction of sp³-hybridized carbons (Fsp3) is 0.211. The zero-order valence-electron chi connectivity index (χ0n) is 14.2. The monoisotopic (exact) mass is 373 g/mol. The molecule has 0 spiro atoms. The zero-order chi connectivity index (χ0) is 19.1. The summed E-state index contributed by atoms with van der Waals surface area (Å²) in [5.74, 6) is -1.39. The Labute approximate surface area is 152 Å². The molecule has 0 aliphatic carbocycles. The van der Waals surface area contributed by atoms with Crippen LogP contribution in [0.15, 0.2) is 46.9 Å². The number of fused-ring (bicyclic) bond motifs is 1. The van der Waals surface area contributed by atoms with Crippen molar-refractivity contribution in [2.45, 2.75) is 18.9 Å². The standard InChI is InChI=1S/C19H14F3N3O2/c1-25-15(10-4-6-13(20)7-5-10)9-11-2-3-12(8-14(11)19(25)26)17-23-24-18(27-17)16(21)22/h2-8,15-16H,9H2,1H3. The van der Waals surface area contributed by atoms with Crippen molar-refractivity contribution in [2.24, 2.45) is 0 Å². The first-order valence-corrected chi connectivity index (χ1v) is 8.21. The van der Waals surface area contributed by atoms with E-state index in [4.69, 9.17) is 4.42 Å². The predicted octanol–water partition coefficient (Wildman–Crippen LogP) is 4.18. The van der Waals surface area contributed by atoms with E-state index in [1.807, 2.05) is 0 Å². The molecule has 3 aromatic rings. The molecule has 4 rings (SSSR count). The molecule has 8 heteroatoms. The molecule has 2 heterocycles. The number of hydrogen-bond acceptors (Lipinski definition) is 4. The maximum Gasteiger partial charge on any atom is 0.314 e. The van der Waals surface area contributed by atoms with E-state index in [9.17, 15) is 18.0 Å². The second-order valence-corrected chi connectivity index (χ2v) is 6.31. The lowest BCUT2D eigenvalue weighted by Gasteiger charge is -2.34. The third-order valence-corrected chi connectivity index (χ3v) is 4.67. The molecule has 1 aliphatic heterocycles. The number of alkyl halides is 2. The quantitative estimate of drug-likeness (QED) is 0.691. The van der Waals surface area contributed by atoms with Gasteiger partial charge in [-0.2, -0.15) is 8.78 Å². The summed E-state index contributed by atoms with van der Waals surface area (Å²) in [6.07, 6.45) is -2.30. The highest BCUT2D eigenvalue weighted by Crippen LogP contribution is 2.34. The molecule has 1 aliphatic rings. The van der Waals surface area contributed by atoms with Gasteiger partial charge < -0.3 is 9.32 Å². The van der Waals surface area contributed by atoms with Crippen molar-refractivity contribution in [3.63, 3.8) is 0 Å². The summed E-state index contributed by atoms with van der Waals surface area (Å²) in [6.45, 7) is 0. The van der Waals surface area contributed by atoms with Gasteiger partial charge in [0.1, 0.15) is 5.82 Å². The average molecular weight is 373 g/mol. The molecule has 0 bridgehead atoms. The van der Waals surface area contributed by atoms with Crippen LogP contribution in [-0.4, -0.2) is 28.1 Å². The van der Waals surface area contributed by atoms with E-state index in [0.717, 1.165) is 11.1 Å². The minimum Gasteiger partial charge on any atom is -0.415 e. The number of aromatic nitrogens is 2. The van der Waals surface area contributed by atoms with Gasteiger partial charge in [-0.05, 0) is 41.8 Å². The molecule has 1 amide bonds. The molecule has 2 aromatic carbocycles. The van der Waals surface area contributed by atoms with Crippen molar-refractivity contribution in [3.05, 3.63) is 70.9 Å². The summed E-state index contributed by atoms with van der Waals surface area (Å²) in [5, 5.41) is 6.92. The van der Waals surface area contributed by atoms with Crippen LogP contribution in [0.2, 0.25) is 0 Å². The first kappa shape index (κ1) is 17.3. The zero-order valence-corrected chi connectivity index (χ0v) is 14.2. The van der Waals surface area contributed by atoms with Gasteiger partial charge in [-0.25, -0.2) is 4.39 Å². The van der Waals surface area contributed by atoms with Gasteiger partial charge in [-0.1, -0.05) is 18.2 Å². The van der Waals surface area contributed by atoms with Crippen LogP contribution in [0.3, 0.4) is 0 Å². The Morgan fingerprint density at radius 2 is 1.89 bits per heavy atom. The third kappa shape index (κ3) is 3.07. The van der Waals surface area contributed by atoms with Gasteiger partial charge in [0.15, 0.2) is 0 Å². The molecule has 27 heavy (non-hydrogen) atoms. The van der Waals surface area contributed by atoms with E-state index in [2.05, 4.69) is 10.2 Å². The lowest BCUT2D eigenvalue weighted by atomic mass is 9.89. The Bertz CT molecular complexity index is 1000. The highest BCUT2D eigenvalue weighted by atomic mass is 19.3. The molecular weight excluding hydrogens is 359 g/mol. The van der Waals surface area contributed by atoms with Crippen molar-refractivity contribution in [2.75, 3.05) is 7.05 Å². The summed E-state index contributed by atoms with van der Waals surface area (Å²) >= 11 is 0. The molecule has 0 fully saturated rings. The van der Waals surface area contributed by atoms with Gasteiger partial charge in [0.05, 0.1) is 6.04 Å². The van der Waals surface area contributed by atoms with Crippen molar-refractivity contribution in [1.82, 2.24) is 15.1 Å². The van der Waals surface area contributed by atoms with E-state index >= 15 is 0 Å². The van der Waals surface area contributed by atoms with E-state index in [1.165, 1.54) is 12.1 Å². The van der Waals surface area contributed by atoms with E-state index in [1.54, 1.807) is 42.3 Å². The first-order valence-electron chi connectivity index (χ1n) is 8.21. The number of halogens is 3. The highest BCUT2D eigenvalue weighted by molar-refractivity contribution is 5.98. The molecular formula is C19H14F3N3O2. The van der Waals surface area contributed by atoms with Gasteiger partial charge in [0.2, 0.25) is 5.89 Å². The fourth-order valence-electron chi connectivity index (χ4n) is 3.23. The number of likely N-dealkylation sites (N-methyl/N-ethyl adjacent to an activating group) is 1. The molecule has 138 valence electrons. The first-order chi connectivity index (χ1) is 12.9. The highest BCUT2D eigenvalue weighted by Gasteiger charge is 2.31. The minimum atomic E-state index is -2.85. The van der Waals surface area contributed by atoms with Crippen LogP contribution in [0.1, 0.15) is 39.8 Å². The van der Waals surface area contributed by atoms with Crippen molar-refractivity contribution in [1.29, 1.82) is 0 Å². The molecule has 0 saturated carbocycles. The summed E-state index contributed by atoms with van der Waals surface area (Å²) in [6, 6.07) is 10.8. The van der Waals surface area contributed by atoms with Crippen molar-refractivity contribution >= 4 is 5.91 Å². The number of amides is 1.